The van der Waals surface area contributed by atoms with Gasteiger partial charge in [-0.15, -0.1) is 0 Å². The monoisotopic (exact) mass is 270 g/mol. The fraction of sp³-hybridized carbons (Fsp3) is 0.333. The largest absolute Gasteiger partial charge is 0.259 e. The summed E-state index contributed by atoms with van der Waals surface area (Å²) in [6.45, 7) is 0. The molecule has 1 aliphatic carbocycles. The summed E-state index contributed by atoms with van der Waals surface area (Å²) in [6.07, 6.45) is 3.75. The van der Waals surface area contributed by atoms with Crippen molar-refractivity contribution in [3.63, 3.8) is 0 Å². The first kappa shape index (κ1) is 7.99. The lowest BCUT2D eigenvalue weighted by Crippen LogP contribution is -2.04. The number of aromatic nitrogens is 1. The summed E-state index contributed by atoms with van der Waals surface area (Å²) in [6, 6.07) is 6.28. The fourth-order valence-corrected chi connectivity index (χ4v) is 1.53. The molecule has 1 fully saturated rings. The summed E-state index contributed by atoms with van der Waals surface area (Å²) in [4.78, 5) is 4.25. The molecular weight excluding hydrogens is 263 g/mol. The number of hydrogen-bond acceptors (Lipinski definition) is 2. The van der Waals surface area contributed by atoms with Crippen molar-refractivity contribution in [2.24, 2.45) is 0 Å². The maximum Gasteiger partial charge on any atom is 0.0994 e. The molecule has 1 aliphatic rings. The van der Waals surface area contributed by atoms with Gasteiger partial charge in [-0.3, -0.25) is 4.98 Å². The van der Waals surface area contributed by atoms with E-state index in [9.17, 15) is 0 Å². The fourth-order valence-electron chi connectivity index (χ4n) is 1.21. The molecule has 1 saturated carbocycles. The molecule has 0 radical (unpaired) electrons. The predicted molar refractivity (Wildman–Crippen MR) is 53.5 cm³/mol. The van der Waals surface area contributed by atoms with Crippen LogP contribution in [-0.2, 0) is 5.41 Å². The molecule has 0 atom stereocenters. The molecule has 2 nitrogen and oxygen atoms in total. The van der Waals surface area contributed by atoms with Gasteiger partial charge in [-0.1, -0.05) is 0 Å². The normalized spacial score (nSPS) is 18.3. The highest BCUT2D eigenvalue weighted by atomic mass is 127. The lowest BCUT2D eigenvalue weighted by atomic mass is 10.0. The third kappa shape index (κ3) is 1.20. The highest BCUT2D eigenvalue weighted by Gasteiger charge is 2.46. The molecule has 2 rings (SSSR count). The van der Waals surface area contributed by atoms with E-state index in [0.717, 1.165) is 22.1 Å². The lowest BCUT2D eigenvalue weighted by Gasteiger charge is -2.03. The molecule has 0 aromatic carbocycles. The van der Waals surface area contributed by atoms with E-state index in [0.29, 0.717) is 0 Å². The second-order valence-corrected chi connectivity index (χ2v) is 4.30. The van der Waals surface area contributed by atoms with Crippen molar-refractivity contribution in [3.05, 3.63) is 27.6 Å². The third-order valence-corrected chi connectivity index (χ3v) is 2.82. The Balaban J connectivity index is 2.37. The first-order valence-electron chi connectivity index (χ1n) is 3.80. The van der Waals surface area contributed by atoms with Crippen LogP contribution in [-0.4, -0.2) is 4.98 Å². The molecule has 0 unspecified atom stereocenters. The number of rotatable bonds is 1. The SMILES string of the molecule is N#CC1(c2ccc(I)cn2)CC1. The van der Waals surface area contributed by atoms with E-state index in [-0.39, 0.29) is 5.41 Å². The number of pyridine rings is 1. The highest BCUT2D eigenvalue weighted by Crippen LogP contribution is 2.46. The number of nitrogens with zero attached hydrogens (tertiary/aromatic N) is 2. The highest BCUT2D eigenvalue weighted by molar-refractivity contribution is 14.1. The van der Waals surface area contributed by atoms with Gasteiger partial charge in [0.15, 0.2) is 0 Å². The van der Waals surface area contributed by atoms with Crippen molar-refractivity contribution in [1.29, 1.82) is 5.26 Å². The average molecular weight is 270 g/mol. The maximum absolute atomic E-state index is 8.89. The van der Waals surface area contributed by atoms with Gasteiger partial charge in [0, 0.05) is 9.77 Å². The smallest absolute Gasteiger partial charge is 0.0994 e. The van der Waals surface area contributed by atoms with Crippen LogP contribution in [0.3, 0.4) is 0 Å². The van der Waals surface area contributed by atoms with Gasteiger partial charge >= 0.3 is 0 Å². The second kappa shape index (κ2) is 2.70. The average Bonchev–Trinajstić information content (AvgIpc) is 2.86. The summed E-state index contributed by atoms with van der Waals surface area (Å²) in [5.41, 5.74) is 0.704. The minimum atomic E-state index is -0.232. The van der Waals surface area contributed by atoms with Crippen LogP contribution in [0.15, 0.2) is 18.3 Å². The van der Waals surface area contributed by atoms with Crippen molar-refractivity contribution in [2.75, 3.05) is 0 Å². The first-order valence-corrected chi connectivity index (χ1v) is 4.88. The Morgan fingerprint density at radius 2 is 2.25 bits per heavy atom. The zero-order valence-electron chi connectivity index (χ0n) is 6.42. The van der Waals surface area contributed by atoms with Crippen LogP contribution < -0.4 is 0 Å². The van der Waals surface area contributed by atoms with E-state index in [1.54, 1.807) is 0 Å². The van der Waals surface area contributed by atoms with Gasteiger partial charge in [0.1, 0.15) is 0 Å². The molecule has 0 aliphatic heterocycles. The van der Waals surface area contributed by atoms with E-state index < -0.39 is 0 Å². The van der Waals surface area contributed by atoms with Gasteiger partial charge in [0.05, 0.1) is 17.2 Å². The van der Waals surface area contributed by atoms with Crippen molar-refractivity contribution in [1.82, 2.24) is 4.98 Å². The van der Waals surface area contributed by atoms with Crippen molar-refractivity contribution in [2.45, 2.75) is 18.3 Å². The second-order valence-electron chi connectivity index (χ2n) is 3.06. The van der Waals surface area contributed by atoms with Crippen LogP contribution >= 0.6 is 22.6 Å². The van der Waals surface area contributed by atoms with E-state index in [1.165, 1.54) is 0 Å². The number of hydrogen-bond donors (Lipinski definition) is 0. The van der Waals surface area contributed by atoms with E-state index in [1.807, 2.05) is 18.3 Å². The van der Waals surface area contributed by atoms with Crippen LogP contribution in [0.5, 0.6) is 0 Å². The molecule has 0 N–H and O–H groups in total. The van der Waals surface area contributed by atoms with E-state index in [4.69, 9.17) is 5.26 Å². The van der Waals surface area contributed by atoms with Gasteiger partial charge in [-0.2, -0.15) is 5.26 Å². The zero-order chi connectivity index (χ0) is 8.60. The van der Waals surface area contributed by atoms with Gasteiger partial charge < -0.3 is 0 Å². The maximum atomic E-state index is 8.89. The minimum absolute atomic E-state index is 0.232. The van der Waals surface area contributed by atoms with Crippen LogP contribution in [0.1, 0.15) is 18.5 Å². The number of nitriles is 1. The summed E-state index contributed by atoms with van der Waals surface area (Å²) >= 11 is 2.21. The Hall–Kier alpha value is -0.630. The summed E-state index contributed by atoms with van der Waals surface area (Å²) in [5, 5.41) is 8.89. The lowest BCUT2D eigenvalue weighted by molar-refractivity contribution is 0.853. The molecule has 0 spiro atoms. The van der Waals surface area contributed by atoms with E-state index in [2.05, 4.69) is 33.6 Å². The summed E-state index contributed by atoms with van der Waals surface area (Å²) in [7, 11) is 0. The van der Waals surface area contributed by atoms with Gasteiger partial charge in [-0.25, -0.2) is 0 Å². The predicted octanol–water partition coefficient (Wildman–Crippen LogP) is 2.24. The van der Waals surface area contributed by atoms with E-state index >= 15 is 0 Å². The molecule has 12 heavy (non-hydrogen) atoms. The molecule has 1 aromatic rings. The van der Waals surface area contributed by atoms with Crippen molar-refractivity contribution >= 4 is 22.6 Å². The van der Waals surface area contributed by atoms with Crippen molar-refractivity contribution in [3.8, 4) is 6.07 Å². The molecule has 3 heteroatoms. The quantitative estimate of drug-likeness (QED) is 0.734. The Labute approximate surface area is 84.8 Å². The van der Waals surface area contributed by atoms with Crippen LogP contribution in [0.25, 0.3) is 0 Å². The van der Waals surface area contributed by atoms with Crippen LogP contribution in [0.4, 0.5) is 0 Å². The summed E-state index contributed by atoms with van der Waals surface area (Å²) in [5.74, 6) is 0. The Bertz CT molecular complexity index is 333. The van der Waals surface area contributed by atoms with Crippen molar-refractivity contribution < 1.29 is 0 Å². The molecular formula is C9H7IN2. The molecule has 0 saturated heterocycles. The molecule has 0 amide bonds. The molecule has 0 bridgehead atoms. The topological polar surface area (TPSA) is 36.7 Å². The minimum Gasteiger partial charge on any atom is -0.259 e. The van der Waals surface area contributed by atoms with Gasteiger partial charge in [0.25, 0.3) is 0 Å². The molecule has 60 valence electrons. The van der Waals surface area contributed by atoms with Gasteiger partial charge in [0.2, 0.25) is 0 Å². The first-order chi connectivity index (χ1) is 5.77. The Morgan fingerprint density at radius 3 is 2.67 bits per heavy atom. The molecule has 1 heterocycles. The third-order valence-electron chi connectivity index (χ3n) is 2.18. The van der Waals surface area contributed by atoms with Crippen LogP contribution in [0, 0.1) is 14.9 Å². The standard InChI is InChI=1S/C9H7IN2/c10-7-1-2-8(12-5-7)9(6-11)3-4-9/h1-2,5H,3-4H2. The molecule has 1 aromatic heterocycles. The zero-order valence-corrected chi connectivity index (χ0v) is 8.58. The van der Waals surface area contributed by atoms with Gasteiger partial charge in [-0.05, 0) is 47.6 Å². The summed E-state index contributed by atoms with van der Waals surface area (Å²) < 4.78 is 1.12. The van der Waals surface area contributed by atoms with Crippen LogP contribution in [0.2, 0.25) is 0 Å². The number of halogens is 1. The Morgan fingerprint density at radius 1 is 1.50 bits per heavy atom. The Kier molecular flexibility index (Phi) is 1.80.